The number of nitrogens with zero attached hydrogens (tertiary/aromatic N) is 3. The molecule has 1 aromatic heterocycles. The molecule has 0 amide bonds. The summed E-state index contributed by atoms with van der Waals surface area (Å²) in [6.07, 6.45) is -1.05. The van der Waals surface area contributed by atoms with Gasteiger partial charge in [-0.3, -0.25) is 9.13 Å². The number of aromatic nitrogens is 2. The average Bonchev–Trinajstić information content (AvgIpc) is 2.92. The van der Waals surface area contributed by atoms with Gasteiger partial charge >= 0.3 is 5.69 Å². The minimum atomic E-state index is -3.68. The van der Waals surface area contributed by atoms with Crippen LogP contribution in [-0.4, -0.2) is 41.1 Å². The van der Waals surface area contributed by atoms with Gasteiger partial charge in [0.25, 0.3) is 0 Å². The molecule has 0 radical (unpaired) electrons. The van der Waals surface area contributed by atoms with Gasteiger partial charge in [-0.05, 0) is 42.8 Å². The van der Waals surface area contributed by atoms with Crippen molar-refractivity contribution >= 4 is 21.1 Å². The summed E-state index contributed by atoms with van der Waals surface area (Å²) < 4.78 is 42.0. The van der Waals surface area contributed by atoms with Crippen LogP contribution in [0.1, 0.15) is 18.6 Å². The minimum absolute atomic E-state index is 0.0586. The molecule has 0 unspecified atom stereocenters. The Hall–Kier alpha value is -2.49. The topological polar surface area (TPSA) is 84.5 Å². The van der Waals surface area contributed by atoms with Gasteiger partial charge in [0.2, 0.25) is 10.0 Å². The van der Waals surface area contributed by atoms with Crippen molar-refractivity contribution in [2.75, 3.05) is 14.1 Å². The third kappa shape index (κ3) is 3.48. The Bertz CT molecular complexity index is 1160. The maximum Gasteiger partial charge on any atom is 0.329 e. The van der Waals surface area contributed by atoms with E-state index in [2.05, 4.69) is 0 Å². The van der Waals surface area contributed by atoms with Crippen molar-refractivity contribution in [1.82, 2.24) is 13.4 Å². The second kappa shape index (κ2) is 7.50. The maximum atomic E-state index is 13.1. The highest BCUT2D eigenvalue weighted by Gasteiger charge is 2.22. The van der Waals surface area contributed by atoms with Crippen LogP contribution in [0.4, 0.5) is 4.39 Å². The molecule has 1 N–H and O–H groups in total. The van der Waals surface area contributed by atoms with Gasteiger partial charge < -0.3 is 5.11 Å². The van der Waals surface area contributed by atoms with E-state index in [-0.39, 0.29) is 17.1 Å². The van der Waals surface area contributed by atoms with E-state index in [1.807, 2.05) is 6.92 Å². The Labute approximate surface area is 162 Å². The second-order valence-electron chi connectivity index (χ2n) is 6.64. The molecule has 0 aliphatic heterocycles. The number of rotatable bonds is 6. The van der Waals surface area contributed by atoms with Crippen molar-refractivity contribution < 1.29 is 17.9 Å². The molecule has 1 heterocycles. The summed E-state index contributed by atoms with van der Waals surface area (Å²) in [5.41, 5.74) is 1.10. The van der Waals surface area contributed by atoms with Crippen LogP contribution in [0.5, 0.6) is 0 Å². The van der Waals surface area contributed by atoms with E-state index < -0.39 is 21.9 Å². The fourth-order valence-corrected chi connectivity index (χ4v) is 4.04. The molecule has 3 aromatic rings. The summed E-state index contributed by atoms with van der Waals surface area (Å²) in [7, 11) is -0.811. The highest BCUT2D eigenvalue weighted by atomic mass is 32.2. The number of sulfonamides is 1. The molecular formula is C19H22FN3O4S. The van der Waals surface area contributed by atoms with E-state index in [1.165, 1.54) is 59.6 Å². The molecule has 150 valence electrons. The first-order valence-corrected chi connectivity index (χ1v) is 10.2. The number of imidazole rings is 1. The lowest BCUT2D eigenvalue weighted by Gasteiger charge is -2.13. The summed E-state index contributed by atoms with van der Waals surface area (Å²) in [5.74, 6) is -0.422. The summed E-state index contributed by atoms with van der Waals surface area (Å²) >= 11 is 0. The molecule has 2 aromatic carbocycles. The lowest BCUT2D eigenvalue weighted by Crippen LogP contribution is -2.26. The quantitative estimate of drug-likeness (QED) is 0.677. The number of benzene rings is 2. The minimum Gasteiger partial charge on any atom is -0.387 e. The van der Waals surface area contributed by atoms with Crippen molar-refractivity contribution in [3.05, 3.63) is 64.3 Å². The normalized spacial score (nSPS) is 13.4. The Kier molecular flexibility index (Phi) is 5.42. The number of fused-ring (bicyclic) bond motifs is 1. The predicted molar refractivity (Wildman–Crippen MR) is 104 cm³/mol. The molecule has 3 rings (SSSR count). The molecular weight excluding hydrogens is 385 g/mol. The highest BCUT2D eigenvalue weighted by molar-refractivity contribution is 7.89. The van der Waals surface area contributed by atoms with Crippen LogP contribution in [0.15, 0.2) is 52.2 Å². The molecule has 0 saturated carbocycles. The van der Waals surface area contributed by atoms with Crippen LogP contribution in [0.2, 0.25) is 0 Å². The SMILES string of the molecule is CCn1c(=O)n(C[C@H](O)c2ccc(F)cc2)c2cc(S(=O)(=O)N(C)C)ccc21. The van der Waals surface area contributed by atoms with E-state index in [1.54, 1.807) is 6.07 Å². The van der Waals surface area contributed by atoms with Gasteiger partial charge in [-0.2, -0.15) is 0 Å². The Morgan fingerprint density at radius 1 is 1.07 bits per heavy atom. The number of aliphatic hydroxyl groups excluding tert-OH is 1. The van der Waals surface area contributed by atoms with Crippen LogP contribution in [-0.2, 0) is 23.1 Å². The predicted octanol–water partition coefficient (Wildman–Crippen LogP) is 1.95. The molecule has 0 fully saturated rings. The first-order chi connectivity index (χ1) is 13.2. The van der Waals surface area contributed by atoms with Gasteiger partial charge in [0, 0.05) is 20.6 Å². The first kappa shape index (κ1) is 20.2. The average molecular weight is 407 g/mol. The van der Waals surface area contributed by atoms with Crippen LogP contribution in [0, 0.1) is 5.82 Å². The number of hydrogen-bond acceptors (Lipinski definition) is 4. The van der Waals surface area contributed by atoms with E-state index in [0.717, 1.165) is 4.31 Å². The third-order valence-corrected chi connectivity index (χ3v) is 6.51. The van der Waals surface area contributed by atoms with Crippen molar-refractivity contribution in [3.8, 4) is 0 Å². The number of hydrogen-bond donors (Lipinski definition) is 1. The second-order valence-corrected chi connectivity index (χ2v) is 8.79. The fourth-order valence-electron chi connectivity index (χ4n) is 3.12. The van der Waals surface area contributed by atoms with Gasteiger partial charge in [0.05, 0.1) is 28.6 Å². The van der Waals surface area contributed by atoms with Gasteiger partial charge in [-0.1, -0.05) is 12.1 Å². The lowest BCUT2D eigenvalue weighted by molar-refractivity contribution is 0.156. The summed E-state index contributed by atoms with van der Waals surface area (Å²) in [6, 6.07) is 9.87. The zero-order valence-corrected chi connectivity index (χ0v) is 16.6. The summed E-state index contributed by atoms with van der Waals surface area (Å²) in [5, 5.41) is 10.5. The van der Waals surface area contributed by atoms with Crippen molar-refractivity contribution in [3.63, 3.8) is 0 Å². The molecule has 0 saturated heterocycles. The Morgan fingerprint density at radius 3 is 2.29 bits per heavy atom. The molecule has 7 nitrogen and oxygen atoms in total. The largest absolute Gasteiger partial charge is 0.387 e. The highest BCUT2D eigenvalue weighted by Crippen LogP contribution is 2.23. The molecule has 1 atom stereocenters. The monoisotopic (exact) mass is 407 g/mol. The molecule has 0 bridgehead atoms. The molecule has 0 aliphatic carbocycles. The van der Waals surface area contributed by atoms with Gasteiger partial charge in [0.15, 0.2) is 0 Å². The Morgan fingerprint density at radius 2 is 1.71 bits per heavy atom. The van der Waals surface area contributed by atoms with Crippen LogP contribution < -0.4 is 5.69 Å². The molecule has 0 spiro atoms. The number of aryl methyl sites for hydroxylation is 1. The Balaban J connectivity index is 2.13. The number of halogens is 1. The molecule has 9 heteroatoms. The van der Waals surface area contributed by atoms with Gasteiger partial charge in [-0.15, -0.1) is 0 Å². The first-order valence-electron chi connectivity index (χ1n) is 8.76. The standard InChI is InChI=1S/C19H22FN3O4S/c1-4-22-16-10-9-15(28(26,27)21(2)3)11-17(16)23(19(22)25)12-18(24)13-5-7-14(20)8-6-13/h5-11,18,24H,4,12H2,1-3H3/t18-/m0/s1. The van der Waals surface area contributed by atoms with Crippen molar-refractivity contribution in [2.45, 2.75) is 31.0 Å². The van der Waals surface area contributed by atoms with Crippen LogP contribution in [0.25, 0.3) is 11.0 Å². The van der Waals surface area contributed by atoms with Gasteiger partial charge in [0.1, 0.15) is 5.82 Å². The van der Waals surface area contributed by atoms with E-state index in [9.17, 15) is 22.7 Å². The van der Waals surface area contributed by atoms with Crippen molar-refractivity contribution in [2.24, 2.45) is 0 Å². The number of aliphatic hydroxyl groups is 1. The molecule has 28 heavy (non-hydrogen) atoms. The van der Waals surface area contributed by atoms with E-state index >= 15 is 0 Å². The zero-order chi connectivity index (χ0) is 20.6. The fraction of sp³-hybridized carbons (Fsp3) is 0.316. The van der Waals surface area contributed by atoms with E-state index in [0.29, 0.717) is 23.1 Å². The molecule has 0 aliphatic rings. The summed E-state index contributed by atoms with van der Waals surface area (Å²) in [4.78, 5) is 12.9. The third-order valence-electron chi connectivity index (χ3n) is 4.70. The lowest BCUT2D eigenvalue weighted by atomic mass is 10.1. The summed E-state index contributed by atoms with van der Waals surface area (Å²) in [6.45, 7) is 2.13. The van der Waals surface area contributed by atoms with Crippen LogP contribution >= 0.6 is 0 Å². The van der Waals surface area contributed by atoms with Gasteiger partial charge in [-0.25, -0.2) is 21.9 Å². The van der Waals surface area contributed by atoms with Crippen LogP contribution in [0.3, 0.4) is 0 Å². The van der Waals surface area contributed by atoms with Crippen molar-refractivity contribution in [1.29, 1.82) is 0 Å². The zero-order valence-electron chi connectivity index (χ0n) is 15.8. The maximum absolute atomic E-state index is 13.1. The smallest absolute Gasteiger partial charge is 0.329 e. The van der Waals surface area contributed by atoms with E-state index in [4.69, 9.17) is 0 Å².